The molecule has 0 aliphatic heterocycles. The minimum Gasteiger partial charge on any atom is -0.490 e. The van der Waals surface area contributed by atoms with E-state index in [2.05, 4.69) is 5.32 Å². The van der Waals surface area contributed by atoms with E-state index in [0.29, 0.717) is 40.4 Å². The highest BCUT2D eigenvalue weighted by molar-refractivity contribution is 6.35. The average molecular weight is 380 g/mol. The van der Waals surface area contributed by atoms with Gasteiger partial charge in [-0.2, -0.15) is 0 Å². The van der Waals surface area contributed by atoms with Gasteiger partial charge in [0.2, 0.25) is 5.91 Å². The molecule has 0 saturated carbocycles. The zero-order valence-corrected chi connectivity index (χ0v) is 15.5. The summed E-state index contributed by atoms with van der Waals surface area (Å²) in [6.07, 6.45) is 3.12. The van der Waals surface area contributed by atoms with Crippen LogP contribution >= 0.6 is 23.2 Å². The largest absolute Gasteiger partial charge is 0.490 e. The lowest BCUT2D eigenvalue weighted by atomic mass is 10.2. The third-order valence-corrected chi connectivity index (χ3v) is 3.56. The van der Waals surface area contributed by atoms with Crippen LogP contribution in [0.4, 0.5) is 5.69 Å². The standard InChI is InChI=1S/C19H19Cl2NO3/c1-3-24-17-7-5-13(9-18(17)25-4-2)6-8-19(23)22-16-11-14(20)10-15(21)12-16/h5-12H,3-4H2,1-2H3,(H,22,23)/b8-6+. The molecular weight excluding hydrogens is 361 g/mol. The van der Waals surface area contributed by atoms with Gasteiger partial charge in [0.05, 0.1) is 13.2 Å². The van der Waals surface area contributed by atoms with Gasteiger partial charge in [-0.25, -0.2) is 0 Å². The van der Waals surface area contributed by atoms with E-state index >= 15 is 0 Å². The van der Waals surface area contributed by atoms with Crippen molar-refractivity contribution in [1.29, 1.82) is 0 Å². The zero-order valence-electron chi connectivity index (χ0n) is 14.0. The molecule has 0 radical (unpaired) electrons. The average Bonchev–Trinajstić information content (AvgIpc) is 2.54. The SMILES string of the molecule is CCOc1ccc(/C=C/C(=O)Nc2cc(Cl)cc(Cl)c2)cc1OCC. The van der Waals surface area contributed by atoms with Crippen LogP contribution in [-0.2, 0) is 4.79 Å². The number of carbonyl (C=O) groups excluding carboxylic acids is 1. The molecule has 0 heterocycles. The number of benzene rings is 2. The normalized spacial score (nSPS) is 10.7. The Morgan fingerprint density at radius 2 is 1.64 bits per heavy atom. The fourth-order valence-corrected chi connectivity index (χ4v) is 2.68. The summed E-state index contributed by atoms with van der Waals surface area (Å²) in [5.74, 6) is 1.04. The Morgan fingerprint density at radius 3 is 2.28 bits per heavy atom. The van der Waals surface area contributed by atoms with Gasteiger partial charge in [0, 0.05) is 21.8 Å². The first kappa shape index (κ1) is 19.2. The first-order valence-electron chi connectivity index (χ1n) is 7.86. The fourth-order valence-electron chi connectivity index (χ4n) is 2.15. The van der Waals surface area contributed by atoms with Crippen LogP contribution in [0.15, 0.2) is 42.5 Å². The van der Waals surface area contributed by atoms with Crippen LogP contribution < -0.4 is 14.8 Å². The maximum absolute atomic E-state index is 12.0. The van der Waals surface area contributed by atoms with Crippen molar-refractivity contribution < 1.29 is 14.3 Å². The monoisotopic (exact) mass is 379 g/mol. The van der Waals surface area contributed by atoms with Gasteiger partial charge >= 0.3 is 0 Å². The summed E-state index contributed by atoms with van der Waals surface area (Å²) >= 11 is 11.8. The van der Waals surface area contributed by atoms with Gasteiger partial charge in [0.15, 0.2) is 11.5 Å². The number of hydrogen-bond donors (Lipinski definition) is 1. The van der Waals surface area contributed by atoms with E-state index in [4.69, 9.17) is 32.7 Å². The summed E-state index contributed by atoms with van der Waals surface area (Å²) < 4.78 is 11.1. The molecule has 0 spiro atoms. The summed E-state index contributed by atoms with van der Waals surface area (Å²) in [6.45, 7) is 4.90. The molecule has 25 heavy (non-hydrogen) atoms. The van der Waals surface area contributed by atoms with Crippen molar-refractivity contribution in [3.05, 3.63) is 58.1 Å². The Balaban J connectivity index is 2.09. The third-order valence-electron chi connectivity index (χ3n) is 3.12. The van der Waals surface area contributed by atoms with E-state index in [0.717, 1.165) is 5.56 Å². The molecule has 0 unspecified atom stereocenters. The second-order valence-corrected chi connectivity index (χ2v) is 5.93. The van der Waals surface area contributed by atoms with Crippen molar-refractivity contribution >= 4 is 40.9 Å². The van der Waals surface area contributed by atoms with Crippen molar-refractivity contribution in [3.8, 4) is 11.5 Å². The van der Waals surface area contributed by atoms with Gasteiger partial charge in [-0.3, -0.25) is 4.79 Å². The quantitative estimate of drug-likeness (QED) is 0.651. The van der Waals surface area contributed by atoms with Gasteiger partial charge < -0.3 is 14.8 Å². The molecule has 0 bridgehead atoms. The topological polar surface area (TPSA) is 47.6 Å². The highest BCUT2D eigenvalue weighted by Gasteiger charge is 2.06. The molecule has 0 aromatic heterocycles. The summed E-state index contributed by atoms with van der Waals surface area (Å²) in [5.41, 5.74) is 1.36. The van der Waals surface area contributed by atoms with Crippen molar-refractivity contribution in [2.75, 3.05) is 18.5 Å². The maximum Gasteiger partial charge on any atom is 0.248 e. The molecule has 1 amide bonds. The molecule has 2 aromatic carbocycles. The summed E-state index contributed by atoms with van der Waals surface area (Å²) in [6, 6.07) is 10.4. The number of amides is 1. The Bertz CT molecular complexity index is 755. The molecule has 2 rings (SSSR count). The summed E-state index contributed by atoms with van der Waals surface area (Å²) in [4.78, 5) is 12.0. The van der Waals surface area contributed by atoms with E-state index in [-0.39, 0.29) is 5.91 Å². The number of ether oxygens (including phenoxy) is 2. The first-order chi connectivity index (χ1) is 12.0. The van der Waals surface area contributed by atoms with Gasteiger partial charge in [0.25, 0.3) is 0 Å². The highest BCUT2D eigenvalue weighted by Crippen LogP contribution is 2.29. The van der Waals surface area contributed by atoms with E-state index in [9.17, 15) is 4.79 Å². The Labute approximate surface area is 157 Å². The van der Waals surface area contributed by atoms with Crippen LogP contribution in [-0.4, -0.2) is 19.1 Å². The molecular formula is C19H19Cl2NO3. The number of hydrogen-bond acceptors (Lipinski definition) is 3. The van der Waals surface area contributed by atoms with Crippen LogP contribution in [0.1, 0.15) is 19.4 Å². The minimum atomic E-state index is -0.287. The van der Waals surface area contributed by atoms with Crippen molar-refractivity contribution in [1.82, 2.24) is 0 Å². The zero-order chi connectivity index (χ0) is 18.2. The molecule has 0 saturated heterocycles. The second-order valence-electron chi connectivity index (χ2n) is 5.05. The summed E-state index contributed by atoms with van der Waals surface area (Å²) in [7, 11) is 0. The minimum absolute atomic E-state index is 0.287. The van der Waals surface area contributed by atoms with Crippen molar-refractivity contribution in [3.63, 3.8) is 0 Å². The Kier molecular flexibility index (Phi) is 7.16. The number of halogens is 2. The fraction of sp³-hybridized carbons (Fsp3) is 0.211. The van der Waals surface area contributed by atoms with E-state index < -0.39 is 0 Å². The lowest BCUT2D eigenvalue weighted by molar-refractivity contribution is -0.111. The predicted octanol–water partition coefficient (Wildman–Crippen LogP) is 5.44. The van der Waals surface area contributed by atoms with Crippen molar-refractivity contribution in [2.45, 2.75) is 13.8 Å². The van der Waals surface area contributed by atoms with Crippen molar-refractivity contribution in [2.24, 2.45) is 0 Å². The van der Waals surface area contributed by atoms with Gasteiger partial charge in [-0.1, -0.05) is 29.3 Å². The molecule has 2 aromatic rings. The number of anilines is 1. The van der Waals surface area contributed by atoms with Gasteiger partial charge in [-0.05, 0) is 55.8 Å². The number of carbonyl (C=O) groups is 1. The van der Waals surface area contributed by atoms with Gasteiger partial charge in [-0.15, -0.1) is 0 Å². The Hall–Kier alpha value is -2.17. The predicted molar refractivity (Wildman–Crippen MR) is 103 cm³/mol. The lowest BCUT2D eigenvalue weighted by Crippen LogP contribution is -2.07. The second kappa shape index (κ2) is 9.35. The molecule has 0 aliphatic rings. The van der Waals surface area contributed by atoms with Crippen LogP contribution in [0.25, 0.3) is 6.08 Å². The number of rotatable bonds is 7. The first-order valence-corrected chi connectivity index (χ1v) is 8.62. The van der Waals surface area contributed by atoms with E-state index in [1.54, 1.807) is 24.3 Å². The van der Waals surface area contributed by atoms with Gasteiger partial charge in [0.1, 0.15) is 0 Å². The van der Waals surface area contributed by atoms with E-state index in [1.165, 1.54) is 6.08 Å². The summed E-state index contributed by atoms with van der Waals surface area (Å²) in [5, 5.41) is 3.63. The lowest BCUT2D eigenvalue weighted by Gasteiger charge is -2.11. The van der Waals surface area contributed by atoms with Crippen LogP contribution in [0.5, 0.6) is 11.5 Å². The highest BCUT2D eigenvalue weighted by atomic mass is 35.5. The van der Waals surface area contributed by atoms with Crippen LogP contribution in [0, 0.1) is 0 Å². The molecule has 0 atom stereocenters. The Morgan fingerprint density at radius 1 is 1.00 bits per heavy atom. The molecule has 0 fully saturated rings. The van der Waals surface area contributed by atoms with Crippen LogP contribution in [0.2, 0.25) is 10.0 Å². The molecule has 6 heteroatoms. The molecule has 0 aliphatic carbocycles. The molecule has 4 nitrogen and oxygen atoms in total. The van der Waals surface area contributed by atoms with Crippen LogP contribution in [0.3, 0.4) is 0 Å². The molecule has 1 N–H and O–H groups in total. The molecule has 132 valence electrons. The number of nitrogens with one attached hydrogen (secondary N) is 1. The van der Waals surface area contributed by atoms with E-state index in [1.807, 2.05) is 32.0 Å². The maximum atomic E-state index is 12.0. The smallest absolute Gasteiger partial charge is 0.248 e. The third kappa shape index (κ3) is 6.00.